The van der Waals surface area contributed by atoms with Crippen LogP contribution < -0.4 is 10.1 Å². The Morgan fingerprint density at radius 1 is 1.06 bits per heavy atom. The second-order valence-corrected chi connectivity index (χ2v) is 7.24. The number of carbonyl (C=O) groups excluding carboxylic acids is 2. The Morgan fingerprint density at radius 3 is 2.48 bits per heavy atom. The molecule has 162 valence electrons. The molecule has 1 heterocycles. The number of aromatic nitrogens is 2. The van der Waals surface area contributed by atoms with E-state index in [4.69, 9.17) is 9.47 Å². The normalized spacial score (nSPS) is 10.5. The maximum Gasteiger partial charge on any atom is 0.338 e. The van der Waals surface area contributed by atoms with Crippen molar-refractivity contribution in [1.82, 2.24) is 14.9 Å². The molecule has 0 aliphatic rings. The van der Waals surface area contributed by atoms with Gasteiger partial charge in [-0.2, -0.15) is 0 Å². The number of hydrogen-bond donors (Lipinski definition) is 1. The number of imidazole rings is 1. The van der Waals surface area contributed by atoms with Crippen molar-refractivity contribution in [2.75, 3.05) is 13.2 Å². The number of carbonyl (C=O) groups is 2. The number of rotatable bonds is 10. The molecule has 1 amide bonds. The molecule has 0 spiro atoms. The summed E-state index contributed by atoms with van der Waals surface area (Å²) in [6.07, 6.45) is 4.64. The third kappa shape index (κ3) is 6.99. The van der Waals surface area contributed by atoms with Gasteiger partial charge >= 0.3 is 5.97 Å². The summed E-state index contributed by atoms with van der Waals surface area (Å²) >= 11 is 0. The Labute approximate surface area is 182 Å². The number of benzene rings is 2. The molecule has 0 fully saturated rings. The lowest BCUT2D eigenvalue weighted by atomic mass is 10.1. The Morgan fingerprint density at radius 2 is 1.81 bits per heavy atom. The van der Waals surface area contributed by atoms with Gasteiger partial charge in [0, 0.05) is 25.9 Å². The highest BCUT2D eigenvalue weighted by atomic mass is 16.5. The quantitative estimate of drug-likeness (QED) is 0.402. The van der Waals surface area contributed by atoms with E-state index in [0.717, 1.165) is 11.4 Å². The molecule has 7 heteroatoms. The monoisotopic (exact) mass is 421 g/mol. The van der Waals surface area contributed by atoms with Gasteiger partial charge in [-0.25, -0.2) is 9.78 Å². The first-order valence-electron chi connectivity index (χ1n) is 10.2. The summed E-state index contributed by atoms with van der Waals surface area (Å²) < 4.78 is 12.8. The van der Waals surface area contributed by atoms with E-state index in [1.54, 1.807) is 30.5 Å². The fourth-order valence-electron chi connectivity index (χ4n) is 2.89. The van der Waals surface area contributed by atoms with Crippen LogP contribution in [0.5, 0.6) is 5.75 Å². The predicted molar refractivity (Wildman–Crippen MR) is 117 cm³/mol. The second-order valence-electron chi connectivity index (χ2n) is 7.24. The van der Waals surface area contributed by atoms with Gasteiger partial charge in [0.2, 0.25) is 5.91 Å². The lowest BCUT2D eigenvalue weighted by molar-refractivity contribution is -0.121. The first-order valence-corrected chi connectivity index (χ1v) is 10.2. The minimum atomic E-state index is -0.440. The van der Waals surface area contributed by atoms with Gasteiger partial charge in [0.25, 0.3) is 0 Å². The fraction of sp³-hybridized carbons (Fsp3) is 0.292. The van der Waals surface area contributed by atoms with E-state index in [1.165, 1.54) is 5.56 Å². The summed E-state index contributed by atoms with van der Waals surface area (Å²) in [5.41, 5.74) is 2.75. The average molecular weight is 421 g/mol. The molecule has 0 unspecified atom stereocenters. The van der Waals surface area contributed by atoms with Gasteiger partial charge in [0.05, 0.1) is 12.1 Å². The van der Waals surface area contributed by atoms with Gasteiger partial charge in [-0.15, -0.1) is 0 Å². The number of aryl methyl sites for hydroxylation is 3. The van der Waals surface area contributed by atoms with Crippen molar-refractivity contribution in [3.05, 3.63) is 83.4 Å². The predicted octanol–water partition coefficient (Wildman–Crippen LogP) is 3.21. The van der Waals surface area contributed by atoms with E-state index in [9.17, 15) is 9.59 Å². The lowest BCUT2D eigenvalue weighted by Gasteiger charge is -2.09. The smallest absolute Gasteiger partial charge is 0.338 e. The van der Waals surface area contributed by atoms with Crippen molar-refractivity contribution in [2.45, 2.75) is 26.4 Å². The molecule has 2 aromatic carbocycles. The van der Waals surface area contributed by atoms with Crippen LogP contribution in [0.2, 0.25) is 0 Å². The van der Waals surface area contributed by atoms with Crippen molar-refractivity contribution in [3.63, 3.8) is 0 Å². The minimum absolute atomic E-state index is 0.0640. The van der Waals surface area contributed by atoms with Crippen LogP contribution in [0, 0.1) is 6.92 Å². The molecule has 3 rings (SSSR count). The highest BCUT2D eigenvalue weighted by Crippen LogP contribution is 2.14. The molecule has 7 nitrogen and oxygen atoms in total. The van der Waals surface area contributed by atoms with Crippen LogP contribution in [0.25, 0.3) is 0 Å². The van der Waals surface area contributed by atoms with Crippen molar-refractivity contribution in [3.8, 4) is 5.75 Å². The third-order valence-corrected chi connectivity index (χ3v) is 4.80. The zero-order valence-electron chi connectivity index (χ0n) is 17.8. The lowest BCUT2D eigenvalue weighted by Crippen LogP contribution is -2.28. The Kier molecular flexibility index (Phi) is 7.81. The number of esters is 1. The molecule has 3 aromatic rings. The van der Waals surface area contributed by atoms with Gasteiger partial charge in [0.1, 0.15) is 24.8 Å². The highest BCUT2D eigenvalue weighted by Gasteiger charge is 2.08. The second kappa shape index (κ2) is 11.0. The molecule has 0 saturated heterocycles. The van der Waals surface area contributed by atoms with Gasteiger partial charge < -0.3 is 19.4 Å². The van der Waals surface area contributed by atoms with Gasteiger partial charge in [0.15, 0.2) is 0 Å². The molecule has 31 heavy (non-hydrogen) atoms. The number of hydrogen-bond acceptors (Lipinski definition) is 5. The zero-order chi connectivity index (χ0) is 22.1. The molecule has 0 saturated carbocycles. The van der Waals surface area contributed by atoms with Crippen LogP contribution in [0.1, 0.15) is 33.7 Å². The summed E-state index contributed by atoms with van der Waals surface area (Å²) in [4.78, 5) is 28.3. The molecular weight excluding hydrogens is 394 g/mol. The number of amides is 1. The van der Waals surface area contributed by atoms with Crippen LogP contribution in [0.3, 0.4) is 0 Å². The summed E-state index contributed by atoms with van der Waals surface area (Å²) in [7, 11) is 1.90. The van der Waals surface area contributed by atoms with E-state index >= 15 is 0 Å². The van der Waals surface area contributed by atoms with Crippen molar-refractivity contribution < 1.29 is 19.1 Å². The standard InChI is InChI=1S/C24H27N3O4/c1-18-3-5-19(6-4-18)7-12-23(28)26-14-16-30-24(29)20-8-10-21(11-9-20)31-17-22-25-13-15-27(22)2/h3-6,8-11,13,15H,7,12,14,16-17H2,1-2H3,(H,26,28). The third-order valence-electron chi connectivity index (χ3n) is 4.80. The number of ether oxygens (including phenoxy) is 2. The van der Waals surface area contributed by atoms with E-state index in [0.29, 0.717) is 30.8 Å². The van der Waals surface area contributed by atoms with Gasteiger partial charge in [-0.05, 0) is 43.2 Å². The Bertz CT molecular complexity index is 994. The zero-order valence-corrected chi connectivity index (χ0v) is 17.8. The maximum absolute atomic E-state index is 12.1. The van der Waals surface area contributed by atoms with E-state index in [2.05, 4.69) is 10.3 Å². The largest absolute Gasteiger partial charge is 0.486 e. The van der Waals surface area contributed by atoms with Crippen LogP contribution in [-0.2, 0) is 29.6 Å². The minimum Gasteiger partial charge on any atom is -0.486 e. The Balaban J connectivity index is 1.33. The molecule has 0 aliphatic carbocycles. The van der Waals surface area contributed by atoms with Crippen molar-refractivity contribution >= 4 is 11.9 Å². The van der Waals surface area contributed by atoms with Crippen LogP contribution in [-0.4, -0.2) is 34.6 Å². The fourth-order valence-corrected chi connectivity index (χ4v) is 2.89. The van der Waals surface area contributed by atoms with E-state index in [1.807, 2.05) is 49.0 Å². The van der Waals surface area contributed by atoms with Crippen molar-refractivity contribution in [1.29, 1.82) is 0 Å². The van der Waals surface area contributed by atoms with Crippen LogP contribution in [0.15, 0.2) is 60.9 Å². The average Bonchev–Trinajstić information content (AvgIpc) is 3.19. The molecule has 1 N–H and O–H groups in total. The summed E-state index contributed by atoms with van der Waals surface area (Å²) in [6.45, 7) is 2.77. The highest BCUT2D eigenvalue weighted by molar-refractivity contribution is 5.89. The molecule has 1 aromatic heterocycles. The van der Waals surface area contributed by atoms with E-state index in [-0.39, 0.29) is 19.1 Å². The molecule has 0 aliphatic heterocycles. The SMILES string of the molecule is Cc1ccc(CCC(=O)NCCOC(=O)c2ccc(OCc3nccn3C)cc2)cc1. The molecule has 0 radical (unpaired) electrons. The Hall–Kier alpha value is -3.61. The number of nitrogens with one attached hydrogen (secondary N) is 1. The van der Waals surface area contributed by atoms with Crippen molar-refractivity contribution in [2.24, 2.45) is 7.05 Å². The van der Waals surface area contributed by atoms with Crippen LogP contribution >= 0.6 is 0 Å². The van der Waals surface area contributed by atoms with Gasteiger partial charge in [-0.3, -0.25) is 4.79 Å². The maximum atomic E-state index is 12.1. The summed E-state index contributed by atoms with van der Waals surface area (Å²) in [5, 5.41) is 2.77. The van der Waals surface area contributed by atoms with Gasteiger partial charge in [-0.1, -0.05) is 29.8 Å². The first-order chi connectivity index (χ1) is 15.0. The molecule has 0 atom stereocenters. The topological polar surface area (TPSA) is 82.4 Å². The first kappa shape index (κ1) is 22.1. The molecule has 0 bridgehead atoms. The summed E-state index contributed by atoms with van der Waals surface area (Å²) in [5.74, 6) is 0.945. The van der Waals surface area contributed by atoms with Crippen LogP contribution in [0.4, 0.5) is 0 Å². The number of nitrogens with zero attached hydrogens (tertiary/aromatic N) is 2. The molecular formula is C24H27N3O4. The van der Waals surface area contributed by atoms with E-state index < -0.39 is 5.97 Å². The summed E-state index contributed by atoms with van der Waals surface area (Å²) in [6, 6.07) is 14.8.